The molecule has 0 N–H and O–H groups in total. The first-order valence-corrected chi connectivity index (χ1v) is 8.77. The molecule has 0 saturated carbocycles. The molecule has 2 saturated heterocycles. The average molecular weight is 342 g/mol. The van der Waals surface area contributed by atoms with Crippen molar-refractivity contribution in [2.75, 3.05) is 13.2 Å². The van der Waals surface area contributed by atoms with E-state index in [4.69, 9.17) is 9.47 Å². The summed E-state index contributed by atoms with van der Waals surface area (Å²) in [6.07, 6.45) is -0.313. The number of fused-ring (bicyclic) bond motifs is 1. The molecule has 2 aliphatic heterocycles. The number of benzene rings is 1. The number of hydrogen-bond donors (Lipinski definition) is 0. The molecule has 2 aliphatic rings. The normalized spacial score (nSPS) is 30.6. The fourth-order valence-corrected chi connectivity index (χ4v) is 4.50. The molecule has 3 rings (SSSR count). The van der Waals surface area contributed by atoms with Crippen LogP contribution in [0.15, 0.2) is 29.2 Å². The minimum absolute atomic E-state index is 0.0385. The van der Waals surface area contributed by atoms with E-state index in [1.165, 1.54) is 28.6 Å². The number of nitro groups is 1. The molecule has 126 valence electrons. The molecule has 0 amide bonds. The smallest absolute Gasteiger partial charge is 0.269 e. The standard InChI is InChI=1S/C14H18N2O6S/c1-9(2)14-21-7-12-13(8-22-14)15(12)23(19,20)11-5-3-10(4-6-11)16(17)18/h3-6,9,12-14H,7-8H2,1-2H3/t12-,13+,14?,15?. The lowest BCUT2D eigenvalue weighted by Gasteiger charge is -2.21. The van der Waals surface area contributed by atoms with Crippen LogP contribution in [-0.2, 0) is 19.5 Å². The first-order valence-electron chi connectivity index (χ1n) is 7.33. The van der Waals surface area contributed by atoms with Crippen molar-refractivity contribution in [3.63, 3.8) is 0 Å². The van der Waals surface area contributed by atoms with Crippen LogP contribution >= 0.6 is 0 Å². The lowest BCUT2D eigenvalue weighted by Crippen LogP contribution is -2.28. The number of rotatable bonds is 4. The second kappa shape index (κ2) is 5.82. The van der Waals surface area contributed by atoms with E-state index in [-0.39, 0.29) is 34.9 Å². The molecule has 23 heavy (non-hydrogen) atoms. The quantitative estimate of drug-likeness (QED) is 0.465. The Morgan fingerprint density at radius 2 is 1.70 bits per heavy atom. The van der Waals surface area contributed by atoms with Gasteiger partial charge >= 0.3 is 0 Å². The molecule has 0 spiro atoms. The summed E-state index contributed by atoms with van der Waals surface area (Å²) in [7, 11) is -3.69. The van der Waals surface area contributed by atoms with Crippen LogP contribution in [0.4, 0.5) is 5.69 Å². The highest BCUT2D eigenvalue weighted by atomic mass is 32.2. The van der Waals surface area contributed by atoms with Crippen molar-refractivity contribution in [3.8, 4) is 0 Å². The monoisotopic (exact) mass is 342 g/mol. The van der Waals surface area contributed by atoms with Crippen molar-refractivity contribution < 1.29 is 22.8 Å². The largest absolute Gasteiger partial charge is 0.351 e. The summed E-state index contributed by atoms with van der Waals surface area (Å²) in [6.45, 7) is 4.54. The number of hydrogen-bond acceptors (Lipinski definition) is 6. The van der Waals surface area contributed by atoms with Crippen molar-refractivity contribution in [2.24, 2.45) is 5.92 Å². The molecule has 2 heterocycles. The third-order valence-corrected chi connectivity index (χ3v) is 6.00. The van der Waals surface area contributed by atoms with Gasteiger partial charge < -0.3 is 9.47 Å². The van der Waals surface area contributed by atoms with Gasteiger partial charge in [-0.05, 0) is 12.1 Å². The lowest BCUT2D eigenvalue weighted by molar-refractivity contribution is -0.384. The number of sulfonamides is 1. The zero-order valence-electron chi connectivity index (χ0n) is 12.8. The topological polar surface area (TPSA) is 98.8 Å². The van der Waals surface area contributed by atoms with Crippen molar-refractivity contribution in [1.29, 1.82) is 0 Å². The maximum Gasteiger partial charge on any atom is 0.269 e. The number of nitrogens with zero attached hydrogens (tertiary/aromatic N) is 2. The van der Waals surface area contributed by atoms with Gasteiger partial charge in [-0.1, -0.05) is 13.8 Å². The SMILES string of the molecule is CC(C)C1OC[C@@H]2[C@H](CO1)N2S(=O)(=O)c1ccc([N+](=O)[O-])cc1. The second-order valence-corrected chi connectivity index (χ2v) is 7.84. The molecule has 1 aromatic carbocycles. The van der Waals surface area contributed by atoms with Crippen LogP contribution in [0.3, 0.4) is 0 Å². The molecular weight excluding hydrogens is 324 g/mol. The Balaban J connectivity index is 1.74. The number of non-ortho nitro benzene ring substituents is 1. The summed E-state index contributed by atoms with van der Waals surface area (Å²) < 4.78 is 37.8. The van der Waals surface area contributed by atoms with E-state index in [0.717, 1.165) is 0 Å². The summed E-state index contributed by atoms with van der Waals surface area (Å²) in [5, 5.41) is 10.6. The van der Waals surface area contributed by atoms with Crippen molar-refractivity contribution in [3.05, 3.63) is 34.4 Å². The summed E-state index contributed by atoms with van der Waals surface area (Å²) in [5.41, 5.74) is -0.143. The minimum atomic E-state index is -3.69. The fourth-order valence-electron chi connectivity index (χ4n) is 2.72. The Morgan fingerprint density at radius 1 is 1.17 bits per heavy atom. The van der Waals surface area contributed by atoms with Gasteiger partial charge in [0.1, 0.15) is 0 Å². The molecule has 0 radical (unpaired) electrons. The van der Waals surface area contributed by atoms with Gasteiger partial charge in [-0.25, -0.2) is 8.42 Å². The zero-order chi connectivity index (χ0) is 16.8. The molecule has 0 aromatic heterocycles. The third kappa shape index (κ3) is 2.97. The second-order valence-electron chi connectivity index (χ2n) is 6.00. The predicted molar refractivity (Wildman–Crippen MR) is 80.2 cm³/mol. The fraction of sp³-hybridized carbons (Fsp3) is 0.571. The zero-order valence-corrected chi connectivity index (χ0v) is 13.6. The molecule has 2 unspecified atom stereocenters. The van der Waals surface area contributed by atoms with Crippen LogP contribution in [0.5, 0.6) is 0 Å². The number of ether oxygens (including phenoxy) is 2. The summed E-state index contributed by atoms with van der Waals surface area (Å²) in [5.74, 6) is 0.201. The Labute approximate surface area is 134 Å². The van der Waals surface area contributed by atoms with Gasteiger partial charge in [0.15, 0.2) is 6.29 Å². The van der Waals surface area contributed by atoms with Crippen molar-refractivity contribution in [2.45, 2.75) is 37.1 Å². The van der Waals surface area contributed by atoms with Crippen LogP contribution in [-0.4, -0.2) is 49.2 Å². The van der Waals surface area contributed by atoms with Crippen molar-refractivity contribution in [1.82, 2.24) is 4.31 Å². The van der Waals surface area contributed by atoms with Gasteiger partial charge in [0.05, 0.1) is 35.1 Å². The van der Waals surface area contributed by atoms with E-state index in [1.807, 2.05) is 13.8 Å². The highest BCUT2D eigenvalue weighted by Crippen LogP contribution is 2.39. The van der Waals surface area contributed by atoms with Gasteiger partial charge in [-0.3, -0.25) is 10.1 Å². The average Bonchev–Trinajstić information content (AvgIpc) is 3.22. The van der Waals surface area contributed by atoms with Gasteiger partial charge in [0.25, 0.3) is 5.69 Å². The summed E-state index contributed by atoms with van der Waals surface area (Å²) in [6, 6.07) is 4.41. The highest BCUT2D eigenvalue weighted by Gasteiger charge is 2.57. The van der Waals surface area contributed by atoms with Gasteiger partial charge in [-0.15, -0.1) is 0 Å². The molecule has 9 heteroatoms. The van der Waals surface area contributed by atoms with Crippen LogP contribution in [0.2, 0.25) is 0 Å². The van der Waals surface area contributed by atoms with E-state index in [2.05, 4.69) is 0 Å². The molecule has 8 nitrogen and oxygen atoms in total. The van der Waals surface area contributed by atoms with E-state index >= 15 is 0 Å². The molecule has 0 bridgehead atoms. The summed E-state index contributed by atoms with van der Waals surface area (Å²) in [4.78, 5) is 10.1. The Kier molecular flexibility index (Phi) is 4.13. The predicted octanol–water partition coefficient (Wildman–Crippen LogP) is 1.37. The summed E-state index contributed by atoms with van der Waals surface area (Å²) >= 11 is 0. The number of nitro benzene ring substituents is 1. The first-order chi connectivity index (χ1) is 10.8. The maximum absolute atomic E-state index is 12.6. The Bertz CT molecular complexity index is 688. The minimum Gasteiger partial charge on any atom is -0.351 e. The van der Waals surface area contributed by atoms with Crippen molar-refractivity contribution >= 4 is 15.7 Å². The third-order valence-electron chi connectivity index (χ3n) is 4.04. The molecular formula is C14H18N2O6S. The van der Waals surface area contributed by atoms with Gasteiger partial charge in [-0.2, -0.15) is 4.31 Å². The first kappa shape index (κ1) is 16.3. The van der Waals surface area contributed by atoms with E-state index in [0.29, 0.717) is 13.2 Å². The molecule has 0 aliphatic carbocycles. The lowest BCUT2D eigenvalue weighted by atomic mass is 10.2. The van der Waals surface area contributed by atoms with E-state index < -0.39 is 14.9 Å². The Morgan fingerprint density at radius 3 is 2.13 bits per heavy atom. The maximum atomic E-state index is 12.6. The molecule has 2 fully saturated rings. The highest BCUT2D eigenvalue weighted by molar-refractivity contribution is 7.89. The van der Waals surface area contributed by atoms with Crippen LogP contribution in [0.1, 0.15) is 13.8 Å². The van der Waals surface area contributed by atoms with E-state index in [1.54, 1.807) is 0 Å². The van der Waals surface area contributed by atoms with Gasteiger partial charge in [0.2, 0.25) is 10.0 Å². The van der Waals surface area contributed by atoms with Crippen LogP contribution in [0, 0.1) is 16.0 Å². The van der Waals surface area contributed by atoms with E-state index in [9.17, 15) is 18.5 Å². The molecule has 1 aromatic rings. The Hall–Kier alpha value is -1.55. The van der Waals surface area contributed by atoms with Gasteiger partial charge in [0, 0.05) is 18.1 Å². The van der Waals surface area contributed by atoms with Crippen LogP contribution < -0.4 is 0 Å². The van der Waals surface area contributed by atoms with Crippen LogP contribution in [0.25, 0.3) is 0 Å². The molecule has 4 atom stereocenters.